The predicted octanol–water partition coefficient (Wildman–Crippen LogP) is 3.75. The minimum atomic E-state index is -0.175. The van der Waals surface area contributed by atoms with Crippen LogP contribution in [0.4, 0.5) is 0 Å². The molecular weight excluding hydrogens is 370 g/mol. The summed E-state index contributed by atoms with van der Waals surface area (Å²) in [5, 5.41) is 8.48. The van der Waals surface area contributed by atoms with Gasteiger partial charge in [0.15, 0.2) is 6.61 Å². The molecule has 5 nitrogen and oxygen atoms in total. The first kappa shape index (κ1) is 18.6. The van der Waals surface area contributed by atoms with Crippen molar-refractivity contribution < 1.29 is 9.53 Å². The van der Waals surface area contributed by atoms with Gasteiger partial charge >= 0.3 is 0 Å². The molecule has 0 aliphatic rings. The molecule has 0 saturated heterocycles. The molecule has 7 heteroatoms. The van der Waals surface area contributed by atoms with Gasteiger partial charge in [-0.05, 0) is 60.8 Å². The van der Waals surface area contributed by atoms with Crippen LogP contribution in [0.5, 0.6) is 5.75 Å². The molecule has 0 radical (unpaired) electrons. The lowest BCUT2D eigenvalue weighted by atomic mass is 10.1. The first-order valence-corrected chi connectivity index (χ1v) is 9.49. The summed E-state index contributed by atoms with van der Waals surface area (Å²) >= 11 is 7.82. The summed E-state index contributed by atoms with van der Waals surface area (Å²) < 4.78 is 5.67. The van der Waals surface area contributed by atoms with E-state index in [1.807, 2.05) is 31.6 Å². The minimum absolute atomic E-state index is 0.0723. The fourth-order valence-electron chi connectivity index (χ4n) is 2.70. The highest BCUT2D eigenvalue weighted by molar-refractivity contribution is 7.08. The third kappa shape index (κ3) is 4.33. The highest BCUT2D eigenvalue weighted by atomic mass is 35.5. The Balaban J connectivity index is 1.60. The monoisotopic (exact) mass is 389 g/mol. The number of carbonyl (C=O) groups is 1. The second-order valence-corrected chi connectivity index (χ2v) is 7.26. The van der Waals surface area contributed by atoms with Gasteiger partial charge in [-0.3, -0.25) is 9.78 Å². The van der Waals surface area contributed by atoms with E-state index in [0.29, 0.717) is 22.8 Å². The Morgan fingerprint density at radius 2 is 2.19 bits per heavy atom. The van der Waals surface area contributed by atoms with E-state index < -0.39 is 0 Å². The number of aromatic nitrogens is 1. The van der Waals surface area contributed by atoms with Gasteiger partial charge in [0.25, 0.3) is 5.91 Å². The molecule has 0 saturated carbocycles. The van der Waals surface area contributed by atoms with E-state index in [2.05, 4.69) is 26.6 Å². The molecule has 26 heavy (non-hydrogen) atoms. The Morgan fingerprint density at radius 1 is 1.35 bits per heavy atom. The summed E-state index contributed by atoms with van der Waals surface area (Å²) in [7, 11) is 3.99. The number of halogens is 1. The van der Waals surface area contributed by atoms with Crippen LogP contribution in [0, 0.1) is 0 Å². The number of ether oxygens (including phenoxy) is 1. The maximum Gasteiger partial charge on any atom is 0.258 e. The molecule has 136 valence electrons. The molecule has 2 heterocycles. The van der Waals surface area contributed by atoms with Crippen LogP contribution in [-0.4, -0.2) is 43.0 Å². The molecule has 0 fully saturated rings. The number of carbonyl (C=O) groups excluding carboxylic acids is 1. The topological polar surface area (TPSA) is 54.5 Å². The maximum atomic E-state index is 12.2. The van der Waals surface area contributed by atoms with E-state index in [0.717, 1.165) is 5.39 Å². The van der Waals surface area contributed by atoms with E-state index in [1.54, 1.807) is 29.7 Å². The van der Waals surface area contributed by atoms with E-state index >= 15 is 0 Å². The number of fused-ring (bicyclic) bond motifs is 1. The van der Waals surface area contributed by atoms with Gasteiger partial charge in [0, 0.05) is 18.1 Å². The van der Waals surface area contributed by atoms with Crippen LogP contribution in [-0.2, 0) is 4.79 Å². The standard InChI is InChI=1S/C19H20ClN3O2S/c1-23(2)16(13-7-9-26-12-13)10-22-18(24)11-25-17-6-5-15(20)14-4-3-8-21-19(14)17/h3-9,12,16H,10-11H2,1-2H3,(H,22,24)/t16-/m0/s1. The number of hydrogen-bond acceptors (Lipinski definition) is 5. The largest absolute Gasteiger partial charge is 0.481 e. The van der Waals surface area contributed by atoms with E-state index in [4.69, 9.17) is 16.3 Å². The quantitative estimate of drug-likeness (QED) is 0.668. The maximum absolute atomic E-state index is 12.2. The molecule has 0 aliphatic carbocycles. The number of pyridine rings is 1. The van der Waals surface area contributed by atoms with Gasteiger partial charge in [-0.1, -0.05) is 11.6 Å². The SMILES string of the molecule is CN(C)[C@@H](CNC(=O)COc1ccc(Cl)c2cccnc12)c1ccsc1. The second kappa shape index (κ2) is 8.49. The summed E-state index contributed by atoms with van der Waals surface area (Å²) in [5.74, 6) is 0.369. The zero-order valence-corrected chi connectivity index (χ0v) is 16.2. The van der Waals surface area contributed by atoms with Crippen molar-refractivity contribution in [3.63, 3.8) is 0 Å². The normalized spacial score (nSPS) is 12.3. The van der Waals surface area contributed by atoms with Gasteiger partial charge in [-0.25, -0.2) is 0 Å². The minimum Gasteiger partial charge on any atom is -0.481 e. The van der Waals surface area contributed by atoms with E-state index in [9.17, 15) is 4.79 Å². The van der Waals surface area contributed by atoms with Crippen molar-refractivity contribution in [1.29, 1.82) is 0 Å². The number of hydrogen-bond donors (Lipinski definition) is 1. The zero-order valence-electron chi connectivity index (χ0n) is 14.6. The van der Waals surface area contributed by atoms with Crippen molar-refractivity contribution in [2.24, 2.45) is 0 Å². The average Bonchev–Trinajstić information content (AvgIpc) is 3.15. The number of likely N-dealkylation sites (N-methyl/N-ethyl adjacent to an activating group) is 1. The Morgan fingerprint density at radius 3 is 2.92 bits per heavy atom. The van der Waals surface area contributed by atoms with Gasteiger partial charge in [0.2, 0.25) is 0 Å². The molecule has 0 spiro atoms. The lowest BCUT2D eigenvalue weighted by Crippen LogP contribution is -2.36. The first-order chi connectivity index (χ1) is 12.6. The van der Waals surface area contributed by atoms with Crippen molar-refractivity contribution in [1.82, 2.24) is 15.2 Å². The highest BCUT2D eigenvalue weighted by Gasteiger charge is 2.16. The van der Waals surface area contributed by atoms with Crippen LogP contribution in [0.1, 0.15) is 11.6 Å². The molecule has 0 aliphatic heterocycles. The van der Waals surface area contributed by atoms with Gasteiger partial charge in [-0.15, -0.1) is 0 Å². The van der Waals surface area contributed by atoms with Crippen LogP contribution in [0.25, 0.3) is 10.9 Å². The Labute approximate surface area is 161 Å². The van der Waals surface area contributed by atoms with Crippen LogP contribution >= 0.6 is 22.9 Å². The van der Waals surface area contributed by atoms with Crippen LogP contribution < -0.4 is 10.1 Å². The van der Waals surface area contributed by atoms with Gasteiger partial charge in [-0.2, -0.15) is 11.3 Å². The first-order valence-electron chi connectivity index (χ1n) is 8.17. The number of thiophene rings is 1. The molecule has 1 aromatic carbocycles. The molecule has 1 amide bonds. The third-order valence-electron chi connectivity index (χ3n) is 4.08. The summed E-state index contributed by atoms with van der Waals surface area (Å²) in [6.45, 7) is 0.447. The van der Waals surface area contributed by atoms with E-state index in [-0.39, 0.29) is 18.6 Å². The molecule has 3 rings (SSSR count). The fraction of sp³-hybridized carbons (Fsp3) is 0.263. The molecule has 3 aromatic rings. The lowest BCUT2D eigenvalue weighted by molar-refractivity contribution is -0.123. The summed E-state index contributed by atoms with van der Waals surface area (Å²) in [6, 6.07) is 9.37. The van der Waals surface area contributed by atoms with Crippen molar-refractivity contribution >= 4 is 39.7 Å². The van der Waals surface area contributed by atoms with Crippen molar-refractivity contribution in [3.8, 4) is 5.75 Å². The highest BCUT2D eigenvalue weighted by Crippen LogP contribution is 2.29. The van der Waals surface area contributed by atoms with Crippen molar-refractivity contribution in [2.75, 3.05) is 27.2 Å². The number of amides is 1. The summed E-state index contributed by atoms with van der Waals surface area (Å²) in [5.41, 5.74) is 1.84. The van der Waals surface area contributed by atoms with Crippen LogP contribution in [0.15, 0.2) is 47.3 Å². The zero-order chi connectivity index (χ0) is 18.5. The molecule has 0 bridgehead atoms. The Kier molecular flexibility index (Phi) is 6.08. The molecule has 1 N–H and O–H groups in total. The Hall–Kier alpha value is -2.15. The van der Waals surface area contributed by atoms with E-state index in [1.165, 1.54) is 5.56 Å². The van der Waals surface area contributed by atoms with Crippen LogP contribution in [0.3, 0.4) is 0 Å². The number of nitrogens with zero attached hydrogens (tertiary/aromatic N) is 2. The average molecular weight is 390 g/mol. The third-order valence-corrected chi connectivity index (χ3v) is 5.11. The molecule has 2 aromatic heterocycles. The Bertz CT molecular complexity index is 884. The summed E-state index contributed by atoms with van der Waals surface area (Å²) in [4.78, 5) is 18.6. The molecule has 1 atom stereocenters. The van der Waals surface area contributed by atoms with Crippen molar-refractivity contribution in [3.05, 3.63) is 57.9 Å². The predicted molar refractivity (Wildman–Crippen MR) is 106 cm³/mol. The number of rotatable bonds is 7. The van der Waals surface area contributed by atoms with Gasteiger partial charge < -0.3 is 15.0 Å². The van der Waals surface area contributed by atoms with Crippen LogP contribution in [0.2, 0.25) is 5.02 Å². The molecular formula is C19H20ClN3O2S. The fourth-order valence-corrected chi connectivity index (χ4v) is 3.62. The number of nitrogens with one attached hydrogen (secondary N) is 1. The van der Waals surface area contributed by atoms with Crippen molar-refractivity contribution in [2.45, 2.75) is 6.04 Å². The second-order valence-electron chi connectivity index (χ2n) is 6.07. The molecule has 0 unspecified atom stereocenters. The smallest absolute Gasteiger partial charge is 0.258 e. The lowest BCUT2D eigenvalue weighted by Gasteiger charge is -2.24. The van der Waals surface area contributed by atoms with Gasteiger partial charge in [0.05, 0.1) is 11.1 Å². The van der Waals surface area contributed by atoms with Gasteiger partial charge in [0.1, 0.15) is 11.3 Å². The number of benzene rings is 1. The summed E-state index contributed by atoms with van der Waals surface area (Å²) in [6.07, 6.45) is 1.67.